The highest BCUT2D eigenvalue weighted by Gasteiger charge is 2.35. The summed E-state index contributed by atoms with van der Waals surface area (Å²) in [6.45, 7) is 3.44. The molecule has 0 saturated carbocycles. The second-order valence-electron chi connectivity index (χ2n) is 6.18. The molecule has 1 N–H and O–H groups in total. The number of carbonyl (C=O) groups excluding carboxylic acids is 1. The van der Waals surface area contributed by atoms with Gasteiger partial charge in [0.25, 0.3) is 0 Å². The van der Waals surface area contributed by atoms with E-state index in [0.29, 0.717) is 6.61 Å². The highest BCUT2D eigenvalue weighted by Crippen LogP contribution is 2.43. The molecule has 2 aliphatic rings. The molecule has 4 heteroatoms. The van der Waals surface area contributed by atoms with Crippen LogP contribution in [-0.4, -0.2) is 25.2 Å². The number of amides is 1. The van der Waals surface area contributed by atoms with Gasteiger partial charge in [0.1, 0.15) is 18.5 Å². The summed E-state index contributed by atoms with van der Waals surface area (Å²) in [6, 6.07) is 16.0. The molecule has 2 aromatic rings. The van der Waals surface area contributed by atoms with Crippen LogP contribution in [0.15, 0.2) is 48.5 Å². The van der Waals surface area contributed by atoms with Gasteiger partial charge in [0, 0.05) is 5.69 Å². The van der Waals surface area contributed by atoms with Crippen LogP contribution in [0.25, 0.3) is 0 Å². The number of benzene rings is 2. The zero-order valence-electron chi connectivity index (χ0n) is 13.0. The number of ether oxygens (including phenoxy) is 2. The van der Waals surface area contributed by atoms with Crippen LogP contribution in [0.5, 0.6) is 5.75 Å². The van der Waals surface area contributed by atoms with Crippen LogP contribution in [0.2, 0.25) is 0 Å². The predicted molar refractivity (Wildman–Crippen MR) is 87.9 cm³/mol. The number of hydrogen-bond acceptors (Lipinski definition) is 3. The van der Waals surface area contributed by atoms with Gasteiger partial charge in [0.2, 0.25) is 5.91 Å². The van der Waals surface area contributed by atoms with Gasteiger partial charge in [0.05, 0.1) is 12.5 Å². The van der Waals surface area contributed by atoms with Gasteiger partial charge in [0.15, 0.2) is 0 Å². The van der Waals surface area contributed by atoms with Crippen LogP contribution in [0.1, 0.15) is 29.9 Å². The van der Waals surface area contributed by atoms with Crippen molar-refractivity contribution in [1.29, 1.82) is 0 Å². The predicted octanol–water partition coefficient (Wildman–Crippen LogP) is 3.30. The molecule has 3 unspecified atom stereocenters. The third kappa shape index (κ3) is 2.82. The Kier molecular flexibility index (Phi) is 3.54. The van der Waals surface area contributed by atoms with Crippen molar-refractivity contribution < 1.29 is 14.3 Å². The summed E-state index contributed by atoms with van der Waals surface area (Å²) in [5.74, 6) is 0.771. The van der Waals surface area contributed by atoms with E-state index in [0.717, 1.165) is 23.6 Å². The maximum absolute atomic E-state index is 12.5. The maximum atomic E-state index is 12.5. The van der Waals surface area contributed by atoms with E-state index in [4.69, 9.17) is 9.47 Å². The van der Waals surface area contributed by atoms with E-state index in [1.54, 1.807) is 0 Å². The molecule has 1 fully saturated rings. The quantitative estimate of drug-likeness (QED) is 0.862. The Labute approximate surface area is 135 Å². The highest BCUT2D eigenvalue weighted by molar-refractivity contribution is 6.03. The average molecular weight is 309 g/mol. The highest BCUT2D eigenvalue weighted by atomic mass is 16.6. The fourth-order valence-electron chi connectivity index (χ4n) is 3.15. The number of epoxide rings is 1. The smallest absolute Gasteiger partial charge is 0.232 e. The fraction of sp³-hybridized carbons (Fsp3) is 0.316. The zero-order chi connectivity index (χ0) is 15.8. The van der Waals surface area contributed by atoms with Gasteiger partial charge in [-0.1, -0.05) is 37.3 Å². The number of fused-ring (bicyclic) bond motifs is 1. The lowest BCUT2D eigenvalue weighted by Crippen LogP contribution is -2.17. The summed E-state index contributed by atoms with van der Waals surface area (Å²) in [5.41, 5.74) is 3.07. The molecule has 4 rings (SSSR count). The number of rotatable bonds is 5. The third-order valence-corrected chi connectivity index (χ3v) is 4.56. The second-order valence-corrected chi connectivity index (χ2v) is 6.18. The minimum atomic E-state index is -0.187. The first-order valence-electron chi connectivity index (χ1n) is 7.96. The maximum Gasteiger partial charge on any atom is 0.232 e. The summed E-state index contributed by atoms with van der Waals surface area (Å²) in [5, 5.41) is 2.98. The van der Waals surface area contributed by atoms with Crippen molar-refractivity contribution in [2.24, 2.45) is 0 Å². The SMILES string of the molecule is CC(c1ccccc1)C1C(=O)Nc2ccc(OCC3CO3)cc21. The van der Waals surface area contributed by atoms with Crippen LogP contribution in [0.4, 0.5) is 5.69 Å². The first kappa shape index (κ1) is 14.3. The minimum absolute atomic E-state index is 0.0547. The molecule has 2 aromatic carbocycles. The van der Waals surface area contributed by atoms with E-state index in [1.165, 1.54) is 5.56 Å². The number of anilines is 1. The summed E-state index contributed by atoms with van der Waals surface area (Å²) in [4.78, 5) is 12.5. The van der Waals surface area contributed by atoms with Crippen molar-refractivity contribution in [2.75, 3.05) is 18.5 Å². The van der Waals surface area contributed by atoms with E-state index < -0.39 is 0 Å². The van der Waals surface area contributed by atoms with Gasteiger partial charge in [-0.25, -0.2) is 0 Å². The van der Waals surface area contributed by atoms with Crippen LogP contribution in [0.3, 0.4) is 0 Å². The van der Waals surface area contributed by atoms with E-state index in [1.807, 2.05) is 36.4 Å². The van der Waals surface area contributed by atoms with Gasteiger partial charge >= 0.3 is 0 Å². The molecule has 0 radical (unpaired) electrons. The normalized spacial score (nSPS) is 23.1. The number of carbonyl (C=O) groups is 1. The lowest BCUT2D eigenvalue weighted by atomic mass is 9.83. The molecule has 118 valence electrons. The summed E-state index contributed by atoms with van der Waals surface area (Å²) in [6.07, 6.45) is 0.224. The first-order chi connectivity index (χ1) is 11.2. The van der Waals surface area contributed by atoms with Crippen molar-refractivity contribution >= 4 is 11.6 Å². The standard InChI is InChI=1S/C19H19NO3/c1-12(13-5-3-2-4-6-13)18-16-9-14(22-10-15-11-23-15)7-8-17(16)20-19(18)21/h2-9,12,15,18H,10-11H2,1H3,(H,20,21). The van der Waals surface area contributed by atoms with Crippen LogP contribution in [-0.2, 0) is 9.53 Å². The largest absolute Gasteiger partial charge is 0.491 e. The minimum Gasteiger partial charge on any atom is -0.491 e. The van der Waals surface area contributed by atoms with Crippen LogP contribution in [0, 0.1) is 0 Å². The summed E-state index contributed by atoms with van der Waals surface area (Å²) in [7, 11) is 0. The van der Waals surface area contributed by atoms with Crippen molar-refractivity contribution in [3.05, 3.63) is 59.7 Å². The Bertz CT molecular complexity index is 725. The van der Waals surface area contributed by atoms with Crippen molar-refractivity contribution in [2.45, 2.75) is 24.9 Å². The van der Waals surface area contributed by atoms with Crippen molar-refractivity contribution in [1.82, 2.24) is 0 Å². The Hall–Kier alpha value is -2.33. The molecule has 2 aliphatic heterocycles. The molecule has 4 nitrogen and oxygen atoms in total. The number of hydrogen-bond donors (Lipinski definition) is 1. The van der Waals surface area contributed by atoms with Gasteiger partial charge in [-0.05, 0) is 35.2 Å². The fourth-order valence-corrected chi connectivity index (χ4v) is 3.15. The molecule has 0 aromatic heterocycles. The lowest BCUT2D eigenvalue weighted by molar-refractivity contribution is -0.117. The Morgan fingerprint density at radius 3 is 2.78 bits per heavy atom. The van der Waals surface area contributed by atoms with Crippen LogP contribution >= 0.6 is 0 Å². The molecule has 2 heterocycles. The average Bonchev–Trinajstić information content (AvgIpc) is 3.34. The van der Waals surface area contributed by atoms with Gasteiger partial charge in [-0.15, -0.1) is 0 Å². The third-order valence-electron chi connectivity index (χ3n) is 4.56. The lowest BCUT2D eigenvalue weighted by Gasteiger charge is -2.19. The molecule has 1 saturated heterocycles. The molecular formula is C19H19NO3. The number of nitrogens with one attached hydrogen (secondary N) is 1. The van der Waals surface area contributed by atoms with E-state index in [2.05, 4.69) is 24.4 Å². The van der Waals surface area contributed by atoms with E-state index in [9.17, 15) is 4.79 Å². The molecule has 0 aliphatic carbocycles. The summed E-state index contributed by atoms with van der Waals surface area (Å²) >= 11 is 0. The molecule has 3 atom stereocenters. The molecule has 23 heavy (non-hydrogen) atoms. The van der Waals surface area contributed by atoms with E-state index in [-0.39, 0.29) is 23.8 Å². The Morgan fingerprint density at radius 1 is 1.26 bits per heavy atom. The molecular weight excluding hydrogens is 290 g/mol. The summed E-state index contributed by atoms with van der Waals surface area (Å²) < 4.78 is 10.9. The van der Waals surface area contributed by atoms with Gasteiger partial charge in [-0.3, -0.25) is 4.79 Å². The van der Waals surface area contributed by atoms with E-state index >= 15 is 0 Å². The Balaban J connectivity index is 1.61. The molecule has 1 amide bonds. The Morgan fingerprint density at radius 2 is 2.04 bits per heavy atom. The molecule has 0 spiro atoms. The topological polar surface area (TPSA) is 50.9 Å². The van der Waals surface area contributed by atoms with Gasteiger partial charge < -0.3 is 14.8 Å². The van der Waals surface area contributed by atoms with Crippen molar-refractivity contribution in [3.8, 4) is 5.75 Å². The van der Waals surface area contributed by atoms with Crippen molar-refractivity contribution in [3.63, 3.8) is 0 Å². The zero-order valence-corrected chi connectivity index (χ0v) is 13.0. The monoisotopic (exact) mass is 309 g/mol. The second kappa shape index (κ2) is 5.70. The van der Waals surface area contributed by atoms with Crippen LogP contribution < -0.4 is 10.1 Å². The first-order valence-corrected chi connectivity index (χ1v) is 7.96. The molecule has 0 bridgehead atoms. The van der Waals surface area contributed by atoms with Gasteiger partial charge in [-0.2, -0.15) is 0 Å².